The van der Waals surface area contributed by atoms with Gasteiger partial charge in [0.05, 0.1) is 18.0 Å². The normalized spacial score (nSPS) is 10.7. The van der Waals surface area contributed by atoms with Gasteiger partial charge in [0, 0.05) is 5.56 Å². The predicted molar refractivity (Wildman–Crippen MR) is 105 cm³/mol. The monoisotopic (exact) mass is 364 g/mol. The van der Waals surface area contributed by atoms with Gasteiger partial charge in [-0.1, -0.05) is 55.3 Å². The molecular weight excluding hydrogens is 340 g/mol. The van der Waals surface area contributed by atoms with Crippen molar-refractivity contribution in [2.45, 2.75) is 33.2 Å². The van der Waals surface area contributed by atoms with Crippen molar-refractivity contribution in [2.24, 2.45) is 0 Å². The summed E-state index contributed by atoms with van der Waals surface area (Å²) in [6.07, 6.45) is 1.82. The third kappa shape index (κ3) is 4.56. The minimum atomic E-state index is -0.316. The second kappa shape index (κ2) is 8.54. The van der Waals surface area contributed by atoms with Crippen molar-refractivity contribution in [1.29, 1.82) is 0 Å². The lowest BCUT2D eigenvalue weighted by molar-refractivity contribution is -0.144. The minimum Gasteiger partial charge on any atom is -0.507 e. The van der Waals surface area contributed by atoms with Crippen LogP contribution in [-0.2, 0) is 16.1 Å². The van der Waals surface area contributed by atoms with Crippen LogP contribution in [0.5, 0.6) is 5.75 Å². The molecule has 1 N–H and O–H groups in total. The number of aromatic nitrogens is 2. The van der Waals surface area contributed by atoms with Crippen molar-refractivity contribution in [1.82, 2.24) is 9.78 Å². The Morgan fingerprint density at radius 3 is 2.67 bits per heavy atom. The van der Waals surface area contributed by atoms with E-state index >= 15 is 0 Å². The number of unbranched alkanes of at least 4 members (excludes halogenated alkanes) is 1. The lowest BCUT2D eigenvalue weighted by atomic mass is 10.1. The number of aryl methyl sites for hydroxylation is 1. The molecule has 0 atom stereocenters. The van der Waals surface area contributed by atoms with Gasteiger partial charge in [0.2, 0.25) is 0 Å². The summed E-state index contributed by atoms with van der Waals surface area (Å²) in [5.41, 5.74) is 4.04. The number of aromatic hydroxyl groups is 1. The molecule has 0 fully saturated rings. The molecule has 0 saturated heterocycles. The first-order chi connectivity index (χ1) is 13.1. The lowest BCUT2D eigenvalue weighted by Gasteiger charge is -2.08. The Hall–Kier alpha value is -3.08. The molecule has 0 spiro atoms. The highest BCUT2D eigenvalue weighted by molar-refractivity contribution is 5.75. The first-order valence-electron chi connectivity index (χ1n) is 9.17. The van der Waals surface area contributed by atoms with Crippen LogP contribution in [0.2, 0.25) is 0 Å². The maximum Gasteiger partial charge on any atom is 0.327 e. The van der Waals surface area contributed by atoms with E-state index in [-0.39, 0.29) is 18.3 Å². The fourth-order valence-corrected chi connectivity index (χ4v) is 2.86. The van der Waals surface area contributed by atoms with Gasteiger partial charge >= 0.3 is 5.97 Å². The van der Waals surface area contributed by atoms with Crippen molar-refractivity contribution >= 4 is 5.97 Å². The molecule has 27 heavy (non-hydrogen) atoms. The van der Waals surface area contributed by atoms with Crippen LogP contribution in [-0.4, -0.2) is 27.5 Å². The maximum absolute atomic E-state index is 12.2. The summed E-state index contributed by atoms with van der Waals surface area (Å²) in [7, 11) is 0. The molecule has 5 nitrogen and oxygen atoms in total. The summed E-state index contributed by atoms with van der Waals surface area (Å²) < 4.78 is 6.93. The largest absolute Gasteiger partial charge is 0.507 e. The van der Waals surface area contributed by atoms with Crippen molar-refractivity contribution in [3.8, 4) is 28.3 Å². The van der Waals surface area contributed by atoms with Crippen LogP contribution in [0.15, 0.2) is 54.6 Å². The SMILES string of the molecule is CCCCOC(=O)Cn1nc(-c2cc(C)ccc2O)cc1-c1ccccc1. The number of rotatable bonds is 7. The molecule has 2 aromatic carbocycles. The zero-order chi connectivity index (χ0) is 19.2. The van der Waals surface area contributed by atoms with E-state index in [1.54, 1.807) is 10.7 Å². The maximum atomic E-state index is 12.2. The quantitative estimate of drug-likeness (QED) is 0.492. The number of esters is 1. The van der Waals surface area contributed by atoms with E-state index in [2.05, 4.69) is 12.0 Å². The Kier molecular flexibility index (Phi) is 5.91. The topological polar surface area (TPSA) is 64.4 Å². The summed E-state index contributed by atoms with van der Waals surface area (Å²) in [5, 5.41) is 14.8. The van der Waals surface area contributed by atoms with Gasteiger partial charge in [-0.3, -0.25) is 9.48 Å². The van der Waals surface area contributed by atoms with E-state index in [9.17, 15) is 9.90 Å². The molecule has 0 unspecified atom stereocenters. The number of ether oxygens (including phenoxy) is 1. The number of phenols is 1. The molecule has 0 aliphatic heterocycles. The van der Waals surface area contributed by atoms with Crippen molar-refractivity contribution < 1.29 is 14.6 Å². The molecule has 1 heterocycles. The molecular formula is C22H24N2O3. The van der Waals surface area contributed by atoms with Crippen LogP contribution in [0.25, 0.3) is 22.5 Å². The smallest absolute Gasteiger partial charge is 0.327 e. The lowest BCUT2D eigenvalue weighted by Crippen LogP contribution is -2.16. The second-order valence-corrected chi connectivity index (χ2v) is 6.53. The van der Waals surface area contributed by atoms with E-state index in [0.29, 0.717) is 17.9 Å². The van der Waals surface area contributed by atoms with Crippen molar-refractivity contribution in [3.05, 3.63) is 60.2 Å². The van der Waals surface area contributed by atoms with E-state index in [1.807, 2.05) is 55.5 Å². The number of phenolic OH excluding ortho intramolecular Hbond substituents is 1. The highest BCUT2D eigenvalue weighted by Gasteiger charge is 2.16. The first kappa shape index (κ1) is 18.7. The summed E-state index contributed by atoms with van der Waals surface area (Å²) in [5.74, 6) is -0.154. The first-order valence-corrected chi connectivity index (χ1v) is 9.17. The average Bonchev–Trinajstić information content (AvgIpc) is 3.08. The van der Waals surface area contributed by atoms with Crippen molar-refractivity contribution in [3.63, 3.8) is 0 Å². The fourth-order valence-electron chi connectivity index (χ4n) is 2.86. The summed E-state index contributed by atoms with van der Waals surface area (Å²) in [4.78, 5) is 12.2. The number of benzene rings is 2. The van der Waals surface area contributed by atoms with E-state index < -0.39 is 0 Å². The van der Waals surface area contributed by atoms with Crippen LogP contribution >= 0.6 is 0 Å². The van der Waals surface area contributed by atoms with Gasteiger partial charge in [0.1, 0.15) is 12.3 Å². The van der Waals surface area contributed by atoms with E-state index in [1.165, 1.54) is 0 Å². The van der Waals surface area contributed by atoms with Crippen LogP contribution < -0.4 is 0 Å². The number of carbonyl (C=O) groups excluding carboxylic acids is 1. The van der Waals surface area contributed by atoms with E-state index in [4.69, 9.17) is 4.74 Å². The zero-order valence-corrected chi connectivity index (χ0v) is 15.7. The molecule has 3 aromatic rings. The third-order valence-corrected chi connectivity index (χ3v) is 4.32. The van der Waals surface area contributed by atoms with Crippen LogP contribution in [0.1, 0.15) is 25.3 Å². The summed E-state index contributed by atoms with van der Waals surface area (Å²) in [6, 6.07) is 17.0. The number of hydrogen-bond acceptors (Lipinski definition) is 4. The van der Waals surface area contributed by atoms with Crippen LogP contribution in [0.4, 0.5) is 0 Å². The van der Waals surface area contributed by atoms with Gasteiger partial charge in [-0.2, -0.15) is 5.10 Å². The van der Waals surface area contributed by atoms with Gasteiger partial charge in [-0.15, -0.1) is 0 Å². The molecule has 0 aliphatic carbocycles. The summed E-state index contributed by atoms with van der Waals surface area (Å²) >= 11 is 0. The number of hydrogen-bond donors (Lipinski definition) is 1. The molecule has 0 bridgehead atoms. The van der Waals surface area contributed by atoms with Gasteiger partial charge in [0.15, 0.2) is 0 Å². The number of carbonyl (C=O) groups is 1. The zero-order valence-electron chi connectivity index (χ0n) is 15.7. The molecule has 140 valence electrons. The molecule has 1 aromatic heterocycles. The Bertz CT molecular complexity index is 917. The molecule has 0 radical (unpaired) electrons. The van der Waals surface area contributed by atoms with Gasteiger partial charge in [-0.25, -0.2) is 0 Å². The standard InChI is InChI=1S/C22H24N2O3/c1-3-4-12-27-22(26)15-24-20(17-8-6-5-7-9-17)14-19(23-24)18-13-16(2)10-11-21(18)25/h5-11,13-14,25H,3-4,12,15H2,1-2H3. The molecule has 5 heteroatoms. The fraction of sp³-hybridized carbons (Fsp3) is 0.273. The highest BCUT2D eigenvalue weighted by atomic mass is 16.5. The molecule has 0 aliphatic rings. The molecule has 0 saturated carbocycles. The van der Waals surface area contributed by atoms with Gasteiger partial charge in [0.25, 0.3) is 0 Å². The Labute approximate surface area is 159 Å². The Morgan fingerprint density at radius 2 is 1.93 bits per heavy atom. The van der Waals surface area contributed by atoms with Crippen LogP contribution in [0, 0.1) is 6.92 Å². The molecule has 3 rings (SSSR count). The highest BCUT2D eigenvalue weighted by Crippen LogP contribution is 2.32. The third-order valence-electron chi connectivity index (χ3n) is 4.32. The Morgan fingerprint density at radius 1 is 1.15 bits per heavy atom. The number of nitrogens with zero attached hydrogens (tertiary/aromatic N) is 2. The van der Waals surface area contributed by atoms with Crippen molar-refractivity contribution in [2.75, 3.05) is 6.61 Å². The summed E-state index contributed by atoms with van der Waals surface area (Å²) in [6.45, 7) is 4.46. The van der Waals surface area contributed by atoms with Crippen LogP contribution in [0.3, 0.4) is 0 Å². The second-order valence-electron chi connectivity index (χ2n) is 6.53. The predicted octanol–water partition coefficient (Wildman–Crippen LogP) is 4.57. The van der Waals surface area contributed by atoms with Gasteiger partial charge < -0.3 is 9.84 Å². The van der Waals surface area contributed by atoms with Gasteiger partial charge in [-0.05, 0) is 37.1 Å². The van der Waals surface area contributed by atoms with E-state index in [0.717, 1.165) is 29.7 Å². The molecule has 0 amide bonds. The Balaban J connectivity index is 1.97. The minimum absolute atomic E-state index is 0.0283. The average molecular weight is 364 g/mol.